The van der Waals surface area contributed by atoms with Crippen molar-refractivity contribution in [3.05, 3.63) is 29.8 Å². The van der Waals surface area contributed by atoms with Crippen LogP contribution in [0.1, 0.15) is 46.1 Å². The molecule has 4 N–H and O–H groups in total. The standard InChI is InChI=1S/C20H28F3N3O4/c1-11(2)8-15(17(27)25-16(18(28)29)9-12(3)4)26-19(30)24-14-7-5-6-13(10-14)20(21,22)23/h5-7,10-12,15-16H,8-9H2,1-4H3,(H,25,27)(H,28,29)(H2,24,26,30)/t15-,16+/m0/s1. The largest absolute Gasteiger partial charge is 0.480 e. The van der Waals surface area contributed by atoms with Crippen molar-refractivity contribution in [1.29, 1.82) is 0 Å². The fourth-order valence-electron chi connectivity index (χ4n) is 2.77. The predicted molar refractivity (Wildman–Crippen MR) is 106 cm³/mol. The molecule has 30 heavy (non-hydrogen) atoms. The number of carbonyl (C=O) groups is 3. The van der Waals surface area contributed by atoms with Gasteiger partial charge in [-0.05, 0) is 42.9 Å². The Bertz CT molecular complexity index is 751. The second-order valence-corrected chi connectivity index (χ2v) is 7.89. The molecular formula is C20H28F3N3O4. The average Bonchev–Trinajstić information content (AvgIpc) is 2.59. The van der Waals surface area contributed by atoms with Gasteiger partial charge in [0.2, 0.25) is 5.91 Å². The zero-order chi connectivity index (χ0) is 23.1. The van der Waals surface area contributed by atoms with E-state index >= 15 is 0 Å². The van der Waals surface area contributed by atoms with Gasteiger partial charge in [0.05, 0.1) is 5.56 Å². The molecule has 0 aliphatic heterocycles. The van der Waals surface area contributed by atoms with Gasteiger partial charge in [0.15, 0.2) is 0 Å². The van der Waals surface area contributed by atoms with Crippen molar-refractivity contribution in [3.63, 3.8) is 0 Å². The zero-order valence-corrected chi connectivity index (χ0v) is 17.3. The molecule has 0 aliphatic rings. The molecule has 0 fully saturated rings. The Balaban J connectivity index is 2.87. The maximum absolute atomic E-state index is 12.8. The summed E-state index contributed by atoms with van der Waals surface area (Å²) in [6.45, 7) is 7.26. The van der Waals surface area contributed by atoms with Crippen molar-refractivity contribution in [1.82, 2.24) is 10.6 Å². The van der Waals surface area contributed by atoms with Gasteiger partial charge in [0.1, 0.15) is 12.1 Å². The Morgan fingerprint density at radius 1 is 0.967 bits per heavy atom. The first-order valence-corrected chi connectivity index (χ1v) is 9.57. The van der Waals surface area contributed by atoms with Crippen molar-refractivity contribution < 1.29 is 32.7 Å². The van der Waals surface area contributed by atoms with E-state index < -0.39 is 41.7 Å². The van der Waals surface area contributed by atoms with E-state index in [1.807, 2.05) is 27.7 Å². The predicted octanol–water partition coefficient (Wildman–Crippen LogP) is 3.86. The Hall–Kier alpha value is -2.78. The molecule has 0 radical (unpaired) electrons. The first kappa shape index (κ1) is 25.3. The minimum atomic E-state index is -4.56. The Labute approximate surface area is 173 Å². The van der Waals surface area contributed by atoms with Gasteiger partial charge in [-0.2, -0.15) is 13.2 Å². The molecule has 1 aromatic rings. The number of aliphatic carboxylic acids is 1. The number of halogens is 3. The van der Waals surface area contributed by atoms with Crippen LogP contribution in [0, 0.1) is 11.8 Å². The second kappa shape index (κ2) is 10.8. The lowest BCUT2D eigenvalue weighted by atomic mass is 10.0. The maximum Gasteiger partial charge on any atom is 0.416 e. The number of carboxylic acids is 1. The number of rotatable bonds is 9. The summed E-state index contributed by atoms with van der Waals surface area (Å²) in [5.41, 5.74) is -1.01. The molecule has 168 valence electrons. The van der Waals surface area contributed by atoms with Crippen molar-refractivity contribution in [2.45, 2.75) is 58.8 Å². The normalized spacial score (nSPS) is 13.6. The summed E-state index contributed by atoms with van der Waals surface area (Å²) in [7, 11) is 0. The molecule has 2 atom stereocenters. The smallest absolute Gasteiger partial charge is 0.416 e. The van der Waals surface area contributed by atoms with E-state index in [0.717, 1.165) is 18.2 Å². The topological polar surface area (TPSA) is 108 Å². The summed E-state index contributed by atoms with van der Waals surface area (Å²) in [6.07, 6.45) is -4.13. The molecule has 0 aliphatic carbocycles. The van der Waals surface area contributed by atoms with Crippen molar-refractivity contribution in [3.8, 4) is 0 Å². The van der Waals surface area contributed by atoms with Crippen LogP contribution in [0.4, 0.5) is 23.7 Å². The Morgan fingerprint density at radius 2 is 1.53 bits per heavy atom. The van der Waals surface area contributed by atoms with Crippen molar-refractivity contribution in [2.24, 2.45) is 11.8 Å². The Morgan fingerprint density at radius 3 is 2.03 bits per heavy atom. The summed E-state index contributed by atoms with van der Waals surface area (Å²) in [4.78, 5) is 36.2. The van der Waals surface area contributed by atoms with E-state index in [9.17, 15) is 32.7 Å². The highest BCUT2D eigenvalue weighted by atomic mass is 19.4. The van der Waals surface area contributed by atoms with Crippen LogP contribution in [0.3, 0.4) is 0 Å². The fraction of sp³-hybridized carbons (Fsp3) is 0.550. The number of hydrogen-bond donors (Lipinski definition) is 4. The molecule has 0 saturated heterocycles. The monoisotopic (exact) mass is 431 g/mol. The van der Waals surface area contributed by atoms with Crippen LogP contribution in [0.15, 0.2) is 24.3 Å². The van der Waals surface area contributed by atoms with Gasteiger partial charge in [0, 0.05) is 5.69 Å². The number of amides is 3. The second-order valence-electron chi connectivity index (χ2n) is 7.89. The lowest BCUT2D eigenvalue weighted by molar-refractivity contribution is -0.142. The van der Waals surface area contributed by atoms with E-state index in [0.29, 0.717) is 0 Å². The average molecular weight is 431 g/mol. The molecule has 0 saturated carbocycles. The van der Waals surface area contributed by atoms with E-state index in [4.69, 9.17) is 0 Å². The van der Waals surface area contributed by atoms with Crippen LogP contribution in [0.2, 0.25) is 0 Å². The van der Waals surface area contributed by atoms with Crippen LogP contribution in [0.25, 0.3) is 0 Å². The van der Waals surface area contributed by atoms with Gasteiger partial charge in [-0.15, -0.1) is 0 Å². The highest BCUT2D eigenvalue weighted by Crippen LogP contribution is 2.30. The summed E-state index contributed by atoms with van der Waals surface area (Å²) in [6, 6.07) is 1.06. The molecule has 1 aromatic carbocycles. The van der Waals surface area contributed by atoms with Crippen molar-refractivity contribution >= 4 is 23.6 Å². The van der Waals surface area contributed by atoms with Gasteiger partial charge >= 0.3 is 18.2 Å². The lowest BCUT2D eigenvalue weighted by Gasteiger charge is -2.23. The molecule has 1 rings (SSSR count). The third-order valence-electron chi connectivity index (χ3n) is 4.10. The van der Waals surface area contributed by atoms with Gasteiger partial charge in [-0.3, -0.25) is 4.79 Å². The van der Waals surface area contributed by atoms with E-state index in [-0.39, 0.29) is 30.4 Å². The quantitative estimate of drug-likeness (QED) is 0.476. The SMILES string of the molecule is CC(C)C[C@H](NC(=O)Nc1cccc(C(F)(F)F)c1)C(=O)N[C@H](CC(C)C)C(=O)O. The highest BCUT2D eigenvalue weighted by molar-refractivity contribution is 5.94. The van der Waals surface area contributed by atoms with Crippen LogP contribution < -0.4 is 16.0 Å². The van der Waals surface area contributed by atoms with E-state index in [1.54, 1.807) is 0 Å². The maximum atomic E-state index is 12.8. The number of carbonyl (C=O) groups excluding carboxylic acids is 2. The number of benzene rings is 1. The molecule has 10 heteroatoms. The summed E-state index contributed by atoms with van der Waals surface area (Å²) >= 11 is 0. The van der Waals surface area contributed by atoms with Crippen LogP contribution in [0.5, 0.6) is 0 Å². The summed E-state index contributed by atoms with van der Waals surface area (Å²) in [5.74, 6) is -1.85. The summed E-state index contributed by atoms with van der Waals surface area (Å²) in [5, 5.41) is 16.4. The molecule has 3 amide bonds. The first-order valence-electron chi connectivity index (χ1n) is 9.57. The lowest BCUT2D eigenvalue weighted by Crippen LogP contribution is -2.53. The molecule has 0 bridgehead atoms. The molecule has 0 heterocycles. The minimum absolute atomic E-state index is 0.0111. The molecule has 7 nitrogen and oxygen atoms in total. The van der Waals surface area contributed by atoms with Gasteiger partial charge in [-0.25, -0.2) is 9.59 Å². The number of nitrogens with one attached hydrogen (secondary N) is 3. The van der Waals surface area contributed by atoms with Crippen LogP contribution in [-0.4, -0.2) is 35.1 Å². The van der Waals surface area contributed by atoms with Crippen molar-refractivity contribution in [2.75, 3.05) is 5.32 Å². The molecule has 0 aromatic heterocycles. The van der Waals surface area contributed by atoms with Gasteiger partial charge in [0.25, 0.3) is 0 Å². The summed E-state index contributed by atoms with van der Waals surface area (Å²) < 4.78 is 38.4. The van der Waals surface area contributed by atoms with E-state index in [2.05, 4.69) is 16.0 Å². The number of anilines is 1. The van der Waals surface area contributed by atoms with E-state index in [1.165, 1.54) is 6.07 Å². The molecule has 0 spiro atoms. The first-order chi connectivity index (χ1) is 13.8. The zero-order valence-electron chi connectivity index (χ0n) is 17.3. The van der Waals surface area contributed by atoms with Crippen LogP contribution in [-0.2, 0) is 15.8 Å². The number of carboxylic acid groups (broad SMARTS) is 1. The number of urea groups is 1. The highest BCUT2D eigenvalue weighted by Gasteiger charge is 2.31. The fourth-order valence-corrected chi connectivity index (χ4v) is 2.77. The third-order valence-corrected chi connectivity index (χ3v) is 4.10. The van der Waals surface area contributed by atoms with Gasteiger partial charge in [-0.1, -0.05) is 33.8 Å². The number of alkyl halides is 3. The third kappa shape index (κ3) is 8.71. The van der Waals surface area contributed by atoms with Gasteiger partial charge < -0.3 is 21.1 Å². The molecule has 0 unspecified atom stereocenters. The van der Waals surface area contributed by atoms with Crippen LogP contribution >= 0.6 is 0 Å². The Kier molecular flexibility index (Phi) is 9.13. The number of hydrogen-bond acceptors (Lipinski definition) is 3. The minimum Gasteiger partial charge on any atom is -0.480 e. The molecular weight excluding hydrogens is 403 g/mol.